The molecule has 8 heteroatoms. The Balaban J connectivity index is 2.67. The Morgan fingerprint density at radius 1 is 1.15 bits per heavy atom. The van der Waals surface area contributed by atoms with Crippen molar-refractivity contribution in [3.63, 3.8) is 0 Å². The van der Waals surface area contributed by atoms with Crippen LogP contribution in [-0.2, 0) is 25.9 Å². The van der Waals surface area contributed by atoms with Crippen LogP contribution in [0.15, 0.2) is 34.1 Å². The average Bonchev–Trinajstić information content (AvgIpc) is 2.83. The molecular weight excluding hydrogens is 356 g/mol. The maximum Gasteiger partial charge on any atom is 0.222 e. The highest BCUT2D eigenvalue weighted by molar-refractivity contribution is 7.91. The van der Waals surface area contributed by atoms with Gasteiger partial charge in [0.25, 0.3) is 0 Å². The first-order chi connectivity index (χ1) is 12.2. The zero-order chi connectivity index (χ0) is 19.5. The number of benzene rings is 1. The number of hydrogen-bond donors (Lipinski definition) is 1. The van der Waals surface area contributed by atoms with Crippen LogP contribution in [0.25, 0.3) is 0 Å². The van der Waals surface area contributed by atoms with E-state index in [1.54, 1.807) is 30.7 Å². The topological polar surface area (TPSA) is 86.6 Å². The van der Waals surface area contributed by atoms with Gasteiger partial charge in [-0.3, -0.25) is 4.79 Å². The predicted molar refractivity (Wildman–Crippen MR) is 98.5 cm³/mol. The van der Waals surface area contributed by atoms with E-state index in [1.165, 1.54) is 26.2 Å². The quantitative estimate of drug-likeness (QED) is 0.798. The molecule has 2 rings (SSSR count). The van der Waals surface area contributed by atoms with Gasteiger partial charge < -0.3 is 19.4 Å². The molecular formula is C18H24N2O5S. The SMILES string of the molecule is COCCn1c(C)c(C)c(S(=O)(=O)c2ccc(OC)cc2)c1NC(C)=O. The van der Waals surface area contributed by atoms with Gasteiger partial charge in [-0.25, -0.2) is 8.42 Å². The Bertz CT molecular complexity index is 899. The number of sulfone groups is 1. The first-order valence-electron chi connectivity index (χ1n) is 8.09. The fourth-order valence-electron chi connectivity index (χ4n) is 2.79. The van der Waals surface area contributed by atoms with E-state index in [1.807, 2.05) is 6.92 Å². The third kappa shape index (κ3) is 3.76. The summed E-state index contributed by atoms with van der Waals surface area (Å²) in [7, 11) is -0.746. The van der Waals surface area contributed by atoms with Crippen molar-refractivity contribution in [2.75, 3.05) is 26.1 Å². The van der Waals surface area contributed by atoms with E-state index in [0.29, 0.717) is 24.5 Å². The summed E-state index contributed by atoms with van der Waals surface area (Å²) >= 11 is 0. The molecule has 0 bridgehead atoms. The number of amides is 1. The Labute approximate surface area is 153 Å². The second kappa shape index (κ2) is 7.92. The standard InChI is InChI=1S/C18H24N2O5S/c1-12-13(2)20(10-11-24-4)18(19-14(3)21)17(12)26(22,23)16-8-6-15(25-5)7-9-16/h6-9H,10-11H2,1-5H3,(H,19,21). The van der Waals surface area contributed by atoms with Crippen LogP contribution in [-0.4, -0.2) is 39.7 Å². The van der Waals surface area contributed by atoms with E-state index in [-0.39, 0.29) is 21.5 Å². The molecule has 1 aromatic heterocycles. The number of nitrogens with one attached hydrogen (secondary N) is 1. The summed E-state index contributed by atoms with van der Waals surface area (Å²) in [6.07, 6.45) is 0. The van der Waals surface area contributed by atoms with Gasteiger partial charge in [0.15, 0.2) is 0 Å². The molecule has 0 atom stereocenters. The van der Waals surface area contributed by atoms with Crippen LogP contribution in [0, 0.1) is 13.8 Å². The van der Waals surface area contributed by atoms with Crippen molar-refractivity contribution in [1.29, 1.82) is 0 Å². The largest absolute Gasteiger partial charge is 0.497 e. The normalized spacial score (nSPS) is 11.4. The molecule has 2 aromatic rings. The Morgan fingerprint density at radius 3 is 2.27 bits per heavy atom. The van der Waals surface area contributed by atoms with Crippen LogP contribution < -0.4 is 10.1 Å². The summed E-state index contributed by atoms with van der Waals surface area (Å²) in [4.78, 5) is 11.9. The van der Waals surface area contributed by atoms with Crippen LogP contribution in [0.2, 0.25) is 0 Å². The van der Waals surface area contributed by atoms with Crippen molar-refractivity contribution in [2.24, 2.45) is 0 Å². The third-order valence-electron chi connectivity index (χ3n) is 4.23. The molecule has 0 aliphatic heterocycles. The molecule has 1 heterocycles. The molecule has 0 saturated heterocycles. The van der Waals surface area contributed by atoms with Gasteiger partial charge in [-0.1, -0.05) is 0 Å². The van der Waals surface area contributed by atoms with Crippen LogP contribution in [0.1, 0.15) is 18.2 Å². The number of ether oxygens (including phenoxy) is 2. The highest BCUT2D eigenvalue weighted by Crippen LogP contribution is 2.35. The molecule has 0 aliphatic carbocycles. The highest BCUT2D eigenvalue weighted by atomic mass is 32.2. The fraction of sp³-hybridized carbons (Fsp3) is 0.389. The smallest absolute Gasteiger partial charge is 0.222 e. The van der Waals surface area contributed by atoms with E-state index in [9.17, 15) is 13.2 Å². The van der Waals surface area contributed by atoms with Crippen molar-refractivity contribution < 1.29 is 22.7 Å². The Kier molecular flexibility index (Phi) is 6.09. The van der Waals surface area contributed by atoms with E-state index >= 15 is 0 Å². The Hall–Kier alpha value is -2.32. The lowest BCUT2D eigenvalue weighted by atomic mass is 10.3. The highest BCUT2D eigenvalue weighted by Gasteiger charge is 2.30. The number of aromatic nitrogens is 1. The Morgan fingerprint density at radius 2 is 1.77 bits per heavy atom. The molecule has 0 spiro atoms. The molecule has 0 fully saturated rings. The van der Waals surface area contributed by atoms with Crippen LogP contribution in [0.4, 0.5) is 5.82 Å². The lowest BCUT2D eigenvalue weighted by Gasteiger charge is -2.13. The molecule has 0 saturated carbocycles. The summed E-state index contributed by atoms with van der Waals surface area (Å²) in [6, 6.07) is 6.17. The molecule has 1 N–H and O–H groups in total. The molecule has 0 radical (unpaired) electrons. The van der Waals surface area contributed by atoms with Crippen LogP contribution >= 0.6 is 0 Å². The van der Waals surface area contributed by atoms with Gasteiger partial charge in [-0.05, 0) is 43.7 Å². The summed E-state index contributed by atoms with van der Waals surface area (Å²) in [5.41, 5.74) is 1.36. The number of nitrogens with zero attached hydrogens (tertiary/aromatic N) is 1. The van der Waals surface area contributed by atoms with Crippen molar-refractivity contribution in [3.05, 3.63) is 35.5 Å². The minimum absolute atomic E-state index is 0.103. The molecule has 0 aliphatic rings. The lowest BCUT2D eigenvalue weighted by Crippen LogP contribution is -2.16. The number of methoxy groups -OCH3 is 2. The number of carbonyl (C=O) groups excluding carboxylic acids is 1. The first kappa shape index (κ1) is 20.0. The van der Waals surface area contributed by atoms with Gasteiger partial charge in [-0.2, -0.15) is 0 Å². The average molecular weight is 380 g/mol. The van der Waals surface area contributed by atoms with Gasteiger partial charge in [0.2, 0.25) is 15.7 Å². The molecule has 0 unspecified atom stereocenters. The van der Waals surface area contributed by atoms with Crippen molar-refractivity contribution in [2.45, 2.75) is 37.1 Å². The summed E-state index contributed by atoms with van der Waals surface area (Å²) in [6.45, 7) is 5.73. The molecule has 1 aromatic carbocycles. The first-order valence-corrected chi connectivity index (χ1v) is 9.57. The van der Waals surface area contributed by atoms with Crippen molar-refractivity contribution in [3.8, 4) is 5.75 Å². The van der Waals surface area contributed by atoms with Gasteiger partial charge in [0, 0.05) is 26.3 Å². The summed E-state index contributed by atoms with van der Waals surface area (Å²) < 4.78 is 38.5. The molecule has 1 amide bonds. The lowest BCUT2D eigenvalue weighted by molar-refractivity contribution is -0.114. The minimum Gasteiger partial charge on any atom is -0.497 e. The monoisotopic (exact) mass is 380 g/mol. The maximum atomic E-state index is 13.3. The van der Waals surface area contributed by atoms with Gasteiger partial charge in [-0.15, -0.1) is 0 Å². The number of anilines is 1. The zero-order valence-electron chi connectivity index (χ0n) is 15.6. The zero-order valence-corrected chi connectivity index (χ0v) is 16.4. The third-order valence-corrected chi connectivity index (χ3v) is 6.15. The summed E-state index contributed by atoms with van der Waals surface area (Å²) in [5.74, 6) is 0.490. The maximum absolute atomic E-state index is 13.3. The van der Waals surface area contributed by atoms with E-state index in [4.69, 9.17) is 9.47 Å². The summed E-state index contributed by atoms with van der Waals surface area (Å²) in [5, 5.41) is 2.68. The van der Waals surface area contributed by atoms with Crippen molar-refractivity contribution in [1.82, 2.24) is 4.57 Å². The van der Waals surface area contributed by atoms with Gasteiger partial charge in [0.1, 0.15) is 16.5 Å². The fourth-order valence-corrected chi connectivity index (χ4v) is 4.49. The molecule has 26 heavy (non-hydrogen) atoms. The van der Waals surface area contributed by atoms with Crippen molar-refractivity contribution >= 4 is 21.6 Å². The number of carbonyl (C=O) groups is 1. The van der Waals surface area contributed by atoms with E-state index in [2.05, 4.69) is 5.32 Å². The van der Waals surface area contributed by atoms with Crippen LogP contribution in [0.5, 0.6) is 5.75 Å². The molecule has 7 nitrogen and oxygen atoms in total. The van der Waals surface area contributed by atoms with Gasteiger partial charge >= 0.3 is 0 Å². The second-order valence-electron chi connectivity index (χ2n) is 5.89. The molecule has 142 valence electrons. The van der Waals surface area contributed by atoms with E-state index in [0.717, 1.165) is 5.69 Å². The predicted octanol–water partition coefficient (Wildman–Crippen LogP) is 2.55. The van der Waals surface area contributed by atoms with Crippen LogP contribution in [0.3, 0.4) is 0 Å². The van der Waals surface area contributed by atoms with E-state index < -0.39 is 9.84 Å². The van der Waals surface area contributed by atoms with Gasteiger partial charge in [0.05, 0.1) is 18.6 Å². The minimum atomic E-state index is -3.83. The number of rotatable bonds is 7. The second-order valence-corrected chi connectivity index (χ2v) is 7.78. The number of hydrogen-bond acceptors (Lipinski definition) is 5.